The monoisotopic (exact) mass is 389 g/mol. The fourth-order valence-electron chi connectivity index (χ4n) is 4.96. The van der Waals surface area contributed by atoms with Gasteiger partial charge < -0.3 is 14.0 Å². The smallest absolute Gasteiger partial charge is 0.276 e. The lowest BCUT2D eigenvalue weighted by Gasteiger charge is -2.47. The molecule has 3 atom stereocenters. The lowest BCUT2D eigenvalue weighted by atomic mass is 9.76. The summed E-state index contributed by atoms with van der Waals surface area (Å²) in [4.78, 5) is 27.7. The Labute approximate surface area is 168 Å². The minimum atomic E-state index is -0.0956. The Hall–Kier alpha value is -3.15. The van der Waals surface area contributed by atoms with E-state index in [0.717, 1.165) is 18.5 Å². The van der Waals surface area contributed by atoms with Crippen LogP contribution in [0.25, 0.3) is 0 Å². The average Bonchev–Trinajstić information content (AvgIpc) is 3.17. The van der Waals surface area contributed by atoms with Crippen LogP contribution in [0.2, 0.25) is 0 Å². The van der Waals surface area contributed by atoms with Gasteiger partial charge >= 0.3 is 0 Å². The standard InChI is InChI=1S/C23H23N3O3/c1-15-10-19(24-29-15)23(28)25-13-17-12-18(14-25)21(11-16-6-3-2-4-7-16)26-20(17)8-5-9-22(26)27/h2-10,17-18,21H,11-14H2,1H3/t17-,18+,21+/m1/s1. The fourth-order valence-corrected chi connectivity index (χ4v) is 4.96. The van der Waals surface area contributed by atoms with Crippen LogP contribution in [-0.4, -0.2) is 33.6 Å². The summed E-state index contributed by atoms with van der Waals surface area (Å²) in [5.74, 6) is 0.913. The molecule has 0 spiro atoms. The van der Waals surface area contributed by atoms with E-state index in [1.54, 1.807) is 19.1 Å². The zero-order valence-electron chi connectivity index (χ0n) is 16.3. The molecule has 148 valence electrons. The van der Waals surface area contributed by atoms with E-state index in [0.29, 0.717) is 24.5 Å². The molecule has 2 aliphatic heterocycles. The zero-order chi connectivity index (χ0) is 20.0. The van der Waals surface area contributed by atoms with Crippen LogP contribution in [0.3, 0.4) is 0 Å². The Morgan fingerprint density at radius 1 is 1.14 bits per heavy atom. The number of likely N-dealkylation sites (tertiary alicyclic amines) is 1. The molecule has 0 unspecified atom stereocenters. The van der Waals surface area contributed by atoms with Crippen molar-refractivity contribution in [3.8, 4) is 0 Å². The second kappa shape index (κ2) is 7.03. The first-order valence-corrected chi connectivity index (χ1v) is 10.1. The Bertz CT molecular complexity index is 1100. The number of hydrogen-bond donors (Lipinski definition) is 0. The highest BCUT2D eigenvalue weighted by Crippen LogP contribution is 2.42. The Morgan fingerprint density at radius 3 is 2.72 bits per heavy atom. The average molecular weight is 389 g/mol. The molecule has 1 amide bonds. The van der Waals surface area contributed by atoms with Crippen LogP contribution in [0, 0.1) is 12.8 Å². The molecule has 1 saturated heterocycles. The number of nitrogens with zero attached hydrogens (tertiary/aromatic N) is 3. The van der Waals surface area contributed by atoms with Crippen molar-refractivity contribution in [2.45, 2.75) is 31.7 Å². The molecule has 0 saturated carbocycles. The molecule has 6 heteroatoms. The molecular formula is C23H23N3O3. The van der Waals surface area contributed by atoms with Crippen molar-refractivity contribution in [1.29, 1.82) is 0 Å². The summed E-state index contributed by atoms with van der Waals surface area (Å²) < 4.78 is 7.08. The summed E-state index contributed by atoms with van der Waals surface area (Å²) >= 11 is 0. The minimum absolute atomic E-state index is 0.0343. The Morgan fingerprint density at radius 2 is 1.97 bits per heavy atom. The topological polar surface area (TPSA) is 68.3 Å². The number of piperidine rings is 1. The van der Waals surface area contributed by atoms with Gasteiger partial charge in [-0.2, -0.15) is 0 Å². The quantitative estimate of drug-likeness (QED) is 0.690. The van der Waals surface area contributed by atoms with Gasteiger partial charge in [-0.3, -0.25) is 9.59 Å². The fraction of sp³-hybridized carbons (Fsp3) is 0.348. The molecule has 1 aromatic carbocycles. The molecular weight excluding hydrogens is 366 g/mol. The van der Waals surface area contributed by atoms with Gasteiger partial charge in [-0.1, -0.05) is 41.6 Å². The van der Waals surface area contributed by atoms with Crippen molar-refractivity contribution in [3.05, 3.63) is 87.7 Å². The van der Waals surface area contributed by atoms with Gasteiger partial charge in [-0.15, -0.1) is 0 Å². The molecule has 0 radical (unpaired) electrons. The maximum atomic E-state index is 13.0. The third-order valence-electron chi connectivity index (χ3n) is 6.22. The van der Waals surface area contributed by atoms with Crippen LogP contribution >= 0.6 is 0 Å². The lowest BCUT2D eigenvalue weighted by Crippen LogP contribution is -2.51. The Balaban J connectivity index is 1.52. The van der Waals surface area contributed by atoms with Crippen molar-refractivity contribution in [3.63, 3.8) is 0 Å². The van der Waals surface area contributed by atoms with Gasteiger partial charge in [-0.05, 0) is 37.3 Å². The van der Waals surface area contributed by atoms with Crippen molar-refractivity contribution in [2.75, 3.05) is 13.1 Å². The molecule has 2 aromatic heterocycles. The number of pyridine rings is 1. The number of aryl methyl sites for hydroxylation is 1. The molecule has 1 fully saturated rings. The van der Waals surface area contributed by atoms with E-state index in [4.69, 9.17) is 4.52 Å². The van der Waals surface area contributed by atoms with E-state index in [9.17, 15) is 9.59 Å². The first-order chi connectivity index (χ1) is 14.1. The summed E-state index contributed by atoms with van der Waals surface area (Å²) in [6.07, 6.45) is 1.77. The van der Waals surface area contributed by atoms with E-state index in [1.807, 2.05) is 39.8 Å². The van der Waals surface area contributed by atoms with Crippen molar-refractivity contribution >= 4 is 5.91 Å². The molecule has 0 aliphatic carbocycles. The van der Waals surface area contributed by atoms with Crippen LogP contribution in [0.5, 0.6) is 0 Å². The summed E-state index contributed by atoms with van der Waals surface area (Å²) in [6, 6.07) is 17.5. The summed E-state index contributed by atoms with van der Waals surface area (Å²) in [5.41, 5.74) is 2.63. The van der Waals surface area contributed by atoms with Crippen LogP contribution < -0.4 is 5.56 Å². The third kappa shape index (κ3) is 3.18. The van der Waals surface area contributed by atoms with E-state index in [-0.39, 0.29) is 29.3 Å². The number of fused-ring (bicyclic) bond motifs is 4. The van der Waals surface area contributed by atoms with Crippen LogP contribution in [0.4, 0.5) is 0 Å². The van der Waals surface area contributed by atoms with Gasteiger partial charge in [-0.25, -0.2) is 0 Å². The number of benzene rings is 1. The molecule has 2 aliphatic rings. The molecule has 6 nitrogen and oxygen atoms in total. The first kappa shape index (κ1) is 17.9. The zero-order valence-corrected chi connectivity index (χ0v) is 16.3. The van der Waals surface area contributed by atoms with Gasteiger partial charge in [0.05, 0.1) is 0 Å². The summed E-state index contributed by atoms with van der Waals surface area (Å²) in [6.45, 7) is 3.01. The second-order valence-electron chi connectivity index (χ2n) is 8.14. The highest BCUT2D eigenvalue weighted by atomic mass is 16.5. The minimum Gasteiger partial charge on any atom is -0.361 e. The van der Waals surface area contributed by atoms with Gasteiger partial charge in [0.15, 0.2) is 5.69 Å². The molecule has 5 rings (SSSR count). The van der Waals surface area contributed by atoms with Gasteiger partial charge in [0, 0.05) is 42.9 Å². The highest BCUT2D eigenvalue weighted by Gasteiger charge is 2.42. The molecule has 2 bridgehead atoms. The van der Waals surface area contributed by atoms with Crippen molar-refractivity contribution in [1.82, 2.24) is 14.6 Å². The normalized spacial score (nSPS) is 22.9. The molecule has 3 aromatic rings. The van der Waals surface area contributed by atoms with Gasteiger partial charge in [0.1, 0.15) is 5.76 Å². The SMILES string of the molecule is Cc1cc(C(=O)N2C[C@H]3C[C@@H](C2)[C@H](Cc2ccccc2)n2c3cccc2=O)no1. The maximum absolute atomic E-state index is 13.0. The maximum Gasteiger partial charge on any atom is 0.276 e. The number of rotatable bonds is 3. The number of amides is 1. The van der Waals surface area contributed by atoms with Crippen molar-refractivity contribution < 1.29 is 9.32 Å². The molecule has 29 heavy (non-hydrogen) atoms. The number of carbonyl (C=O) groups is 1. The number of hydrogen-bond acceptors (Lipinski definition) is 4. The highest BCUT2D eigenvalue weighted by molar-refractivity contribution is 5.92. The van der Waals surface area contributed by atoms with E-state index in [1.165, 1.54) is 5.56 Å². The number of aromatic nitrogens is 2. The van der Waals surface area contributed by atoms with E-state index < -0.39 is 0 Å². The largest absolute Gasteiger partial charge is 0.361 e. The van der Waals surface area contributed by atoms with Crippen molar-refractivity contribution in [2.24, 2.45) is 5.92 Å². The number of carbonyl (C=O) groups excluding carboxylic acids is 1. The van der Waals surface area contributed by atoms with Gasteiger partial charge in [0.25, 0.3) is 11.5 Å². The summed E-state index contributed by atoms with van der Waals surface area (Å²) in [7, 11) is 0. The predicted octanol–water partition coefficient (Wildman–Crippen LogP) is 3.19. The lowest BCUT2D eigenvalue weighted by molar-refractivity contribution is 0.0519. The van der Waals surface area contributed by atoms with Crippen LogP contribution in [0.1, 0.15) is 45.9 Å². The van der Waals surface area contributed by atoms with Crippen LogP contribution in [-0.2, 0) is 6.42 Å². The summed E-state index contributed by atoms with van der Waals surface area (Å²) in [5, 5.41) is 3.91. The third-order valence-corrected chi connectivity index (χ3v) is 6.22. The molecule has 0 N–H and O–H groups in total. The predicted molar refractivity (Wildman–Crippen MR) is 108 cm³/mol. The van der Waals surface area contributed by atoms with Crippen LogP contribution in [0.15, 0.2) is 63.9 Å². The Kier molecular flexibility index (Phi) is 4.34. The van der Waals surface area contributed by atoms with E-state index >= 15 is 0 Å². The van der Waals surface area contributed by atoms with Gasteiger partial charge in [0.2, 0.25) is 0 Å². The van der Waals surface area contributed by atoms with E-state index in [2.05, 4.69) is 17.3 Å². The first-order valence-electron chi connectivity index (χ1n) is 10.1. The molecule has 4 heterocycles. The second-order valence-corrected chi connectivity index (χ2v) is 8.14.